The molecular weight excluding hydrogens is 392 g/mol. The van der Waals surface area contributed by atoms with E-state index in [0.717, 1.165) is 57.9 Å². The minimum Gasteiger partial charge on any atom is -0.376 e. The van der Waals surface area contributed by atoms with Gasteiger partial charge >= 0.3 is 0 Å². The third kappa shape index (κ3) is 4.24. The molecule has 2 amide bonds. The standard InChI is InChI=1S/C25H34N2O4/c28-23-16-30-17-25(26-23)13-4-14-27-22(25)15-31-20-11-9-19(10-12-20)21-7-2-1-5-18(21)6-3-8-24(27)29/h1-2,5,7,19-20,22H,3-4,6,8-17H2,(H,26,28). The molecule has 1 spiro atoms. The monoisotopic (exact) mass is 426 g/mol. The number of amides is 2. The van der Waals surface area contributed by atoms with E-state index in [1.165, 1.54) is 11.1 Å². The molecule has 0 radical (unpaired) electrons. The maximum Gasteiger partial charge on any atom is 0.246 e. The molecule has 6 nitrogen and oxygen atoms in total. The summed E-state index contributed by atoms with van der Waals surface area (Å²) in [6, 6.07) is 8.63. The van der Waals surface area contributed by atoms with Crippen molar-refractivity contribution in [2.75, 3.05) is 26.4 Å². The van der Waals surface area contributed by atoms with Crippen molar-refractivity contribution in [2.45, 2.75) is 81.4 Å². The lowest BCUT2D eigenvalue weighted by Crippen LogP contribution is -2.72. The molecule has 1 aromatic rings. The van der Waals surface area contributed by atoms with Crippen molar-refractivity contribution in [3.63, 3.8) is 0 Å². The Kier molecular flexibility index (Phi) is 6.02. The van der Waals surface area contributed by atoms with Gasteiger partial charge in [0.25, 0.3) is 0 Å². The molecule has 168 valence electrons. The van der Waals surface area contributed by atoms with Crippen LogP contribution in [0.4, 0.5) is 0 Å². The molecule has 3 fully saturated rings. The van der Waals surface area contributed by atoms with Gasteiger partial charge in [0, 0.05) is 13.0 Å². The zero-order valence-corrected chi connectivity index (χ0v) is 18.3. The highest BCUT2D eigenvalue weighted by molar-refractivity contribution is 5.80. The summed E-state index contributed by atoms with van der Waals surface area (Å²) in [5.41, 5.74) is 2.35. The van der Waals surface area contributed by atoms with Crippen molar-refractivity contribution in [1.82, 2.24) is 10.2 Å². The Bertz CT molecular complexity index is 815. The van der Waals surface area contributed by atoms with Crippen LogP contribution in [0.25, 0.3) is 0 Å². The van der Waals surface area contributed by atoms with Gasteiger partial charge in [-0.05, 0) is 68.4 Å². The minimum absolute atomic E-state index is 0.0860. The van der Waals surface area contributed by atoms with E-state index in [-0.39, 0.29) is 30.6 Å². The molecule has 4 heterocycles. The van der Waals surface area contributed by atoms with E-state index in [9.17, 15) is 9.59 Å². The third-order valence-corrected chi connectivity index (χ3v) is 7.83. The van der Waals surface area contributed by atoms with Crippen LogP contribution in [0.5, 0.6) is 0 Å². The first kappa shape index (κ1) is 21.0. The number of rotatable bonds is 0. The summed E-state index contributed by atoms with van der Waals surface area (Å²) in [6.07, 6.45) is 8.67. The molecule has 2 saturated heterocycles. The SMILES string of the molecule is O=C1COCC2(CCCN3C(=O)CCCc4ccccc4C4CCC(CC4)OCC32)N1. The zero-order chi connectivity index (χ0) is 21.3. The number of morpholine rings is 1. The summed E-state index contributed by atoms with van der Waals surface area (Å²) in [7, 11) is 0. The van der Waals surface area contributed by atoms with Crippen molar-refractivity contribution in [2.24, 2.45) is 0 Å². The molecule has 2 bridgehead atoms. The number of aryl methyl sites for hydroxylation is 1. The smallest absolute Gasteiger partial charge is 0.246 e. The number of hydrogen-bond donors (Lipinski definition) is 1. The van der Waals surface area contributed by atoms with Crippen LogP contribution in [0.15, 0.2) is 24.3 Å². The van der Waals surface area contributed by atoms with E-state index in [2.05, 4.69) is 29.6 Å². The Morgan fingerprint density at radius 3 is 2.71 bits per heavy atom. The summed E-state index contributed by atoms with van der Waals surface area (Å²) in [5, 5.41) is 3.20. The quantitative estimate of drug-likeness (QED) is 0.693. The fraction of sp³-hybridized carbons (Fsp3) is 0.680. The fourth-order valence-corrected chi connectivity index (χ4v) is 6.23. The zero-order valence-electron chi connectivity index (χ0n) is 18.3. The average molecular weight is 427 g/mol. The molecule has 1 aromatic carbocycles. The second-order valence-corrected chi connectivity index (χ2v) is 9.76. The number of carbonyl (C=O) groups is 2. The van der Waals surface area contributed by atoms with Crippen LogP contribution in [0, 0.1) is 0 Å². The summed E-state index contributed by atoms with van der Waals surface area (Å²) < 4.78 is 12.1. The number of hydrogen-bond acceptors (Lipinski definition) is 4. The number of piperidine rings is 1. The lowest BCUT2D eigenvalue weighted by Gasteiger charge is -2.51. The highest BCUT2D eigenvalue weighted by Gasteiger charge is 2.49. The first-order valence-electron chi connectivity index (χ1n) is 12.0. The van der Waals surface area contributed by atoms with Gasteiger partial charge in [0.05, 0.1) is 30.9 Å². The Labute approximate surface area is 184 Å². The first-order valence-corrected chi connectivity index (χ1v) is 12.0. The maximum absolute atomic E-state index is 13.3. The first-order chi connectivity index (χ1) is 15.1. The van der Waals surface area contributed by atoms with Gasteiger partial charge < -0.3 is 19.7 Å². The van der Waals surface area contributed by atoms with E-state index in [4.69, 9.17) is 9.47 Å². The lowest BCUT2D eigenvalue weighted by atomic mass is 9.79. The predicted molar refractivity (Wildman–Crippen MR) is 117 cm³/mol. The Hall–Kier alpha value is -1.92. The highest BCUT2D eigenvalue weighted by Crippen LogP contribution is 2.38. The second-order valence-electron chi connectivity index (χ2n) is 9.76. The average Bonchev–Trinajstić information content (AvgIpc) is 2.78. The molecule has 1 aliphatic carbocycles. The molecule has 6 rings (SSSR count). The van der Waals surface area contributed by atoms with Gasteiger partial charge in [0.1, 0.15) is 6.61 Å². The van der Waals surface area contributed by atoms with Crippen molar-refractivity contribution in [1.29, 1.82) is 0 Å². The molecule has 1 N–H and O–H groups in total. The molecule has 5 aliphatic rings. The molecule has 4 aliphatic heterocycles. The highest BCUT2D eigenvalue weighted by atomic mass is 16.5. The van der Waals surface area contributed by atoms with Gasteiger partial charge in [-0.2, -0.15) is 0 Å². The van der Waals surface area contributed by atoms with Gasteiger partial charge in [-0.15, -0.1) is 0 Å². The molecule has 31 heavy (non-hydrogen) atoms. The lowest BCUT2D eigenvalue weighted by molar-refractivity contribution is -0.155. The number of nitrogens with zero attached hydrogens (tertiary/aromatic N) is 1. The molecule has 0 aromatic heterocycles. The van der Waals surface area contributed by atoms with Crippen LogP contribution in [0.3, 0.4) is 0 Å². The van der Waals surface area contributed by atoms with E-state index < -0.39 is 5.54 Å². The van der Waals surface area contributed by atoms with Crippen molar-refractivity contribution >= 4 is 11.8 Å². The van der Waals surface area contributed by atoms with Gasteiger partial charge in [-0.3, -0.25) is 9.59 Å². The molecular formula is C25H34N2O4. The van der Waals surface area contributed by atoms with Crippen molar-refractivity contribution < 1.29 is 19.1 Å². The Morgan fingerprint density at radius 2 is 1.87 bits per heavy atom. The van der Waals surface area contributed by atoms with E-state index in [1.54, 1.807) is 0 Å². The van der Waals surface area contributed by atoms with Crippen LogP contribution >= 0.6 is 0 Å². The van der Waals surface area contributed by atoms with Gasteiger partial charge in [-0.25, -0.2) is 0 Å². The normalized spacial score (nSPS) is 34.6. The number of carbonyl (C=O) groups excluding carboxylic acids is 2. The summed E-state index contributed by atoms with van der Waals surface area (Å²) in [5.74, 6) is 0.683. The van der Waals surface area contributed by atoms with Crippen LogP contribution in [0.2, 0.25) is 0 Å². The summed E-state index contributed by atoms with van der Waals surface area (Å²) in [6.45, 7) is 1.76. The van der Waals surface area contributed by atoms with Gasteiger partial charge in [0.15, 0.2) is 0 Å². The number of nitrogens with one attached hydrogen (secondary N) is 1. The van der Waals surface area contributed by atoms with Crippen LogP contribution in [-0.2, 0) is 25.5 Å². The van der Waals surface area contributed by atoms with Crippen LogP contribution in [0.1, 0.15) is 68.4 Å². The van der Waals surface area contributed by atoms with Gasteiger partial charge in [0.2, 0.25) is 11.8 Å². The number of ether oxygens (including phenoxy) is 2. The minimum atomic E-state index is -0.524. The van der Waals surface area contributed by atoms with Crippen LogP contribution < -0.4 is 5.32 Å². The third-order valence-electron chi connectivity index (χ3n) is 7.83. The van der Waals surface area contributed by atoms with Crippen molar-refractivity contribution in [3.8, 4) is 0 Å². The Morgan fingerprint density at radius 1 is 1.03 bits per heavy atom. The molecule has 2 atom stereocenters. The van der Waals surface area contributed by atoms with E-state index in [1.807, 2.05) is 4.90 Å². The predicted octanol–water partition coefficient (Wildman–Crippen LogP) is 2.94. The molecule has 2 unspecified atom stereocenters. The number of benzene rings is 1. The fourth-order valence-electron chi connectivity index (χ4n) is 6.23. The molecule has 6 heteroatoms. The maximum atomic E-state index is 13.3. The Balaban J connectivity index is 1.41. The molecule has 1 saturated carbocycles. The largest absolute Gasteiger partial charge is 0.376 e. The van der Waals surface area contributed by atoms with E-state index >= 15 is 0 Å². The van der Waals surface area contributed by atoms with Gasteiger partial charge in [-0.1, -0.05) is 24.3 Å². The number of fused-ring (bicyclic) bond motifs is 6. The topological polar surface area (TPSA) is 67.9 Å². The van der Waals surface area contributed by atoms with E-state index in [0.29, 0.717) is 25.6 Å². The van der Waals surface area contributed by atoms with Crippen LogP contribution in [-0.4, -0.2) is 60.8 Å². The summed E-state index contributed by atoms with van der Waals surface area (Å²) >= 11 is 0. The second kappa shape index (κ2) is 8.91. The van der Waals surface area contributed by atoms with Crippen molar-refractivity contribution in [3.05, 3.63) is 35.4 Å². The summed E-state index contributed by atoms with van der Waals surface area (Å²) in [4.78, 5) is 27.5.